The Bertz CT molecular complexity index is 1170. The molecule has 0 amide bonds. The molecule has 0 aromatic carbocycles. The first-order valence-electron chi connectivity index (χ1n) is 11.4. The van der Waals surface area contributed by atoms with Gasteiger partial charge in [-0.2, -0.15) is 4.98 Å². The molecular formula is C24H29FN6. The second-order valence-corrected chi connectivity index (χ2v) is 8.75. The highest BCUT2D eigenvalue weighted by molar-refractivity contribution is 5.93. The van der Waals surface area contributed by atoms with Crippen molar-refractivity contribution in [1.29, 1.82) is 0 Å². The standard InChI is InChI=1S/C24H29FN6/c1-2-3-4-5-16-6-8-18(9-7-16)29-24-28-14-20-19(13-27-22(20)30-24)17-12-21(25)23-26-10-11-31(23)15-17/h10-16,18H,2-9H2,1H3,(H2,27,28,29,30). The third-order valence-electron chi connectivity index (χ3n) is 6.58. The van der Waals surface area contributed by atoms with Crippen LogP contribution in [0.25, 0.3) is 27.8 Å². The van der Waals surface area contributed by atoms with Crippen LogP contribution in [0.15, 0.2) is 37.1 Å². The minimum atomic E-state index is -0.346. The molecular weight excluding hydrogens is 391 g/mol. The van der Waals surface area contributed by atoms with Crippen LogP contribution in [-0.2, 0) is 0 Å². The summed E-state index contributed by atoms with van der Waals surface area (Å²) in [6, 6.07) is 1.95. The van der Waals surface area contributed by atoms with Gasteiger partial charge in [0.15, 0.2) is 11.5 Å². The molecule has 1 aliphatic rings. The van der Waals surface area contributed by atoms with E-state index in [9.17, 15) is 4.39 Å². The van der Waals surface area contributed by atoms with E-state index in [0.29, 0.717) is 17.6 Å². The Morgan fingerprint density at radius 1 is 1.19 bits per heavy atom. The molecule has 1 aliphatic carbocycles. The van der Waals surface area contributed by atoms with Crippen LogP contribution in [0.5, 0.6) is 0 Å². The minimum absolute atomic E-state index is 0.325. The summed E-state index contributed by atoms with van der Waals surface area (Å²) in [5, 5.41) is 4.40. The highest BCUT2D eigenvalue weighted by atomic mass is 19.1. The SMILES string of the molecule is CCCCCC1CCC(Nc2ncc3c(-c4cc(F)c5nccn5c4)c[nH]c3n2)CC1. The van der Waals surface area contributed by atoms with Crippen molar-refractivity contribution < 1.29 is 4.39 Å². The average molecular weight is 421 g/mol. The minimum Gasteiger partial charge on any atom is -0.351 e. The van der Waals surface area contributed by atoms with Gasteiger partial charge in [0.2, 0.25) is 5.95 Å². The van der Waals surface area contributed by atoms with E-state index in [1.807, 2.05) is 18.6 Å². The van der Waals surface area contributed by atoms with Crippen molar-refractivity contribution in [2.24, 2.45) is 5.92 Å². The fraction of sp³-hybridized carbons (Fsp3) is 0.458. The average Bonchev–Trinajstić information content (AvgIpc) is 3.42. The lowest BCUT2D eigenvalue weighted by Crippen LogP contribution is -2.27. The number of fused-ring (bicyclic) bond motifs is 2. The predicted molar refractivity (Wildman–Crippen MR) is 122 cm³/mol. The maximum Gasteiger partial charge on any atom is 0.224 e. The van der Waals surface area contributed by atoms with Crippen LogP contribution < -0.4 is 5.32 Å². The molecule has 162 valence electrons. The van der Waals surface area contributed by atoms with Crippen LogP contribution in [0.4, 0.5) is 10.3 Å². The van der Waals surface area contributed by atoms with Crippen molar-refractivity contribution in [3.63, 3.8) is 0 Å². The van der Waals surface area contributed by atoms with Crippen LogP contribution in [0.3, 0.4) is 0 Å². The predicted octanol–water partition coefficient (Wildman–Crippen LogP) is 5.96. The van der Waals surface area contributed by atoms with Crippen molar-refractivity contribution in [1.82, 2.24) is 24.3 Å². The molecule has 4 aromatic heterocycles. The van der Waals surface area contributed by atoms with Gasteiger partial charge >= 0.3 is 0 Å². The number of unbranched alkanes of at least 4 members (excludes halogenated alkanes) is 2. The summed E-state index contributed by atoms with van der Waals surface area (Å²) in [5.41, 5.74) is 2.72. The molecule has 1 fully saturated rings. The Morgan fingerprint density at radius 2 is 2.06 bits per heavy atom. The van der Waals surface area contributed by atoms with E-state index in [4.69, 9.17) is 0 Å². The van der Waals surface area contributed by atoms with E-state index in [1.54, 1.807) is 16.8 Å². The summed E-state index contributed by atoms with van der Waals surface area (Å²) in [6.07, 6.45) is 19.2. The van der Waals surface area contributed by atoms with Gasteiger partial charge in [-0.3, -0.25) is 0 Å². The first-order chi connectivity index (χ1) is 15.2. The van der Waals surface area contributed by atoms with Crippen LogP contribution >= 0.6 is 0 Å². The molecule has 0 aliphatic heterocycles. The maximum absolute atomic E-state index is 14.4. The zero-order chi connectivity index (χ0) is 21.2. The number of rotatable bonds is 7. The van der Waals surface area contributed by atoms with Crippen LogP contribution in [0.1, 0.15) is 58.3 Å². The van der Waals surface area contributed by atoms with Crippen molar-refractivity contribution in [3.05, 3.63) is 42.9 Å². The molecule has 0 spiro atoms. The quantitative estimate of drug-likeness (QED) is 0.362. The Balaban J connectivity index is 1.28. The number of aromatic nitrogens is 5. The molecule has 1 saturated carbocycles. The molecule has 0 bridgehead atoms. The van der Waals surface area contributed by atoms with E-state index < -0.39 is 0 Å². The molecule has 5 rings (SSSR count). The Hall–Kier alpha value is -2.96. The van der Waals surface area contributed by atoms with Crippen molar-refractivity contribution in [2.75, 3.05) is 5.32 Å². The summed E-state index contributed by atoms with van der Waals surface area (Å²) in [7, 11) is 0. The summed E-state index contributed by atoms with van der Waals surface area (Å²) < 4.78 is 16.1. The monoisotopic (exact) mass is 420 g/mol. The first kappa shape index (κ1) is 20.0. The number of hydrogen-bond acceptors (Lipinski definition) is 4. The van der Waals surface area contributed by atoms with Gasteiger partial charge in [-0.15, -0.1) is 0 Å². The highest BCUT2D eigenvalue weighted by Gasteiger charge is 2.21. The number of H-pyrrole nitrogens is 1. The number of imidazole rings is 1. The van der Waals surface area contributed by atoms with Crippen LogP contribution in [-0.4, -0.2) is 30.4 Å². The van der Waals surface area contributed by atoms with E-state index in [0.717, 1.165) is 28.1 Å². The van der Waals surface area contributed by atoms with E-state index in [1.165, 1.54) is 57.4 Å². The molecule has 0 atom stereocenters. The van der Waals surface area contributed by atoms with Crippen molar-refractivity contribution >= 4 is 22.6 Å². The summed E-state index contributed by atoms with van der Waals surface area (Å²) in [4.78, 5) is 16.5. The second kappa shape index (κ2) is 8.65. The van der Waals surface area contributed by atoms with Gasteiger partial charge in [-0.25, -0.2) is 14.4 Å². The lowest BCUT2D eigenvalue weighted by molar-refractivity contribution is 0.312. The van der Waals surface area contributed by atoms with Gasteiger partial charge < -0.3 is 14.7 Å². The molecule has 31 heavy (non-hydrogen) atoms. The van der Waals surface area contributed by atoms with Gasteiger partial charge in [0.1, 0.15) is 5.65 Å². The third-order valence-corrected chi connectivity index (χ3v) is 6.58. The number of hydrogen-bond donors (Lipinski definition) is 2. The Labute approximate surface area is 181 Å². The largest absolute Gasteiger partial charge is 0.351 e. The van der Waals surface area contributed by atoms with Crippen LogP contribution in [0.2, 0.25) is 0 Å². The van der Waals surface area contributed by atoms with Crippen LogP contribution in [0, 0.1) is 11.7 Å². The molecule has 4 heterocycles. The first-order valence-corrected chi connectivity index (χ1v) is 11.4. The normalized spacial score (nSPS) is 19.3. The summed E-state index contributed by atoms with van der Waals surface area (Å²) in [5.74, 6) is 1.19. The maximum atomic E-state index is 14.4. The van der Waals surface area contributed by atoms with E-state index in [2.05, 4.69) is 32.2 Å². The lowest BCUT2D eigenvalue weighted by atomic mass is 9.83. The number of aromatic amines is 1. The summed E-state index contributed by atoms with van der Waals surface area (Å²) >= 11 is 0. The number of halogens is 1. The van der Waals surface area contributed by atoms with Crippen molar-refractivity contribution in [3.8, 4) is 11.1 Å². The molecule has 7 heteroatoms. The Morgan fingerprint density at radius 3 is 2.90 bits per heavy atom. The molecule has 4 aromatic rings. The highest BCUT2D eigenvalue weighted by Crippen LogP contribution is 2.31. The molecule has 0 unspecified atom stereocenters. The number of nitrogens with zero attached hydrogens (tertiary/aromatic N) is 4. The van der Waals surface area contributed by atoms with Crippen molar-refractivity contribution in [2.45, 2.75) is 64.3 Å². The molecule has 0 radical (unpaired) electrons. The smallest absolute Gasteiger partial charge is 0.224 e. The molecule has 2 N–H and O–H groups in total. The van der Waals surface area contributed by atoms with Gasteiger partial charge in [0, 0.05) is 53.5 Å². The molecule has 0 saturated heterocycles. The summed E-state index contributed by atoms with van der Waals surface area (Å²) in [6.45, 7) is 2.27. The fourth-order valence-electron chi connectivity index (χ4n) is 4.81. The fourth-order valence-corrected chi connectivity index (χ4v) is 4.81. The number of anilines is 1. The topological polar surface area (TPSA) is 70.9 Å². The van der Waals surface area contributed by atoms with Gasteiger partial charge in [0.05, 0.1) is 0 Å². The second-order valence-electron chi connectivity index (χ2n) is 8.75. The number of pyridine rings is 1. The van der Waals surface area contributed by atoms with E-state index in [-0.39, 0.29) is 5.82 Å². The lowest BCUT2D eigenvalue weighted by Gasteiger charge is -2.29. The third kappa shape index (κ3) is 4.13. The zero-order valence-corrected chi connectivity index (χ0v) is 17.9. The van der Waals surface area contributed by atoms with Gasteiger partial charge in [0.25, 0.3) is 0 Å². The van der Waals surface area contributed by atoms with Gasteiger partial charge in [-0.05, 0) is 37.7 Å². The zero-order valence-electron chi connectivity index (χ0n) is 17.9. The van der Waals surface area contributed by atoms with Gasteiger partial charge in [-0.1, -0.05) is 32.6 Å². The molecule has 6 nitrogen and oxygen atoms in total. The number of nitrogens with one attached hydrogen (secondary N) is 2. The Kier molecular flexibility index (Phi) is 5.57. The van der Waals surface area contributed by atoms with E-state index >= 15 is 0 Å².